The van der Waals surface area contributed by atoms with Crippen molar-refractivity contribution in [2.75, 3.05) is 32.8 Å². The van der Waals surface area contributed by atoms with Crippen molar-refractivity contribution in [3.05, 3.63) is 35.3 Å². The molecule has 3 rings (SSSR count). The standard InChI is InChI=1S/C19H26FN3O2/c1-13-14(2)23(19-10-16(20)4-5-18(13)19)12-17(21-15(3)24)11-22-6-8-25-9-7-22/h4-5,10,17H,6-9,11-12H2,1-3H3,(H,21,24). The monoisotopic (exact) mass is 347 g/mol. The summed E-state index contributed by atoms with van der Waals surface area (Å²) >= 11 is 0. The predicted molar refractivity (Wildman–Crippen MR) is 96.2 cm³/mol. The summed E-state index contributed by atoms with van der Waals surface area (Å²) in [6, 6.07) is 4.87. The summed E-state index contributed by atoms with van der Waals surface area (Å²) in [6.07, 6.45) is 0. The van der Waals surface area contributed by atoms with Crippen molar-refractivity contribution in [1.82, 2.24) is 14.8 Å². The van der Waals surface area contributed by atoms with E-state index in [1.807, 2.05) is 13.0 Å². The molecule has 1 aromatic carbocycles. The molecule has 0 radical (unpaired) electrons. The molecule has 1 fully saturated rings. The number of rotatable bonds is 5. The fraction of sp³-hybridized carbons (Fsp3) is 0.526. The third kappa shape index (κ3) is 4.02. The summed E-state index contributed by atoms with van der Waals surface area (Å²) in [6.45, 7) is 10.2. The van der Waals surface area contributed by atoms with Crippen LogP contribution in [0.2, 0.25) is 0 Å². The first-order valence-electron chi connectivity index (χ1n) is 8.78. The molecule has 25 heavy (non-hydrogen) atoms. The average molecular weight is 347 g/mol. The van der Waals surface area contributed by atoms with Gasteiger partial charge in [-0.3, -0.25) is 9.69 Å². The van der Waals surface area contributed by atoms with Gasteiger partial charge in [-0.2, -0.15) is 0 Å². The first-order chi connectivity index (χ1) is 12.0. The number of hydrogen-bond donors (Lipinski definition) is 1. The molecule has 1 amide bonds. The minimum absolute atomic E-state index is 0.0347. The maximum Gasteiger partial charge on any atom is 0.217 e. The molecular weight excluding hydrogens is 321 g/mol. The molecule has 1 aliphatic rings. The van der Waals surface area contributed by atoms with Crippen LogP contribution in [0.5, 0.6) is 0 Å². The van der Waals surface area contributed by atoms with Crippen molar-refractivity contribution < 1.29 is 13.9 Å². The van der Waals surface area contributed by atoms with Crippen molar-refractivity contribution in [3.63, 3.8) is 0 Å². The zero-order valence-electron chi connectivity index (χ0n) is 15.1. The highest BCUT2D eigenvalue weighted by Crippen LogP contribution is 2.26. The van der Waals surface area contributed by atoms with Gasteiger partial charge >= 0.3 is 0 Å². The number of carbonyl (C=O) groups excluding carboxylic acids is 1. The lowest BCUT2D eigenvalue weighted by Gasteiger charge is -2.31. The minimum Gasteiger partial charge on any atom is -0.379 e. The number of halogens is 1. The summed E-state index contributed by atoms with van der Waals surface area (Å²) in [5.41, 5.74) is 3.15. The number of ether oxygens (including phenoxy) is 1. The molecule has 1 aliphatic heterocycles. The molecular formula is C19H26FN3O2. The van der Waals surface area contributed by atoms with E-state index in [-0.39, 0.29) is 17.8 Å². The normalized spacial score (nSPS) is 17.0. The van der Waals surface area contributed by atoms with Crippen LogP contribution in [-0.4, -0.2) is 54.3 Å². The molecule has 1 atom stereocenters. The lowest BCUT2D eigenvalue weighted by molar-refractivity contribution is -0.120. The third-order valence-corrected chi connectivity index (χ3v) is 4.99. The van der Waals surface area contributed by atoms with Crippen molar-refractivity contribution in [2.24, 2.45) is 0 Å². The van der Waals surface area contributed by atoms with E-state index in [0.717, 1.165) is 55.0 Å². The predicted octanol–water partition coefficient (Wildman–Crippen LogP) is 2.23. The number of nitrogens with one attached hydrogen (secondary N) is 1. The molecule has 1 N–H and O–H groups in total. The Morgan fingerprint density at radius 3 is 2.68 bits per heavy atom. The Morgan fingerprint density at radius 1 is 1.28 bits per heavy atom. The Hall–Kier alpha value is -1.92. The van der Waals surface area contributed by atoms with E-state index in [2.05, 4.69) is 21.7 Å². The molecule has 0 saturated carbocycles. The summed E-state index contributed by atoms with van der Waals surface area (Å²) in [5.74, 6) is -0.286. The molecule has 0 aliphatic carbocycles. The number of nitrogens with zero attached hydrogens (tertiary/aromatic N) is 2. The van der Waals surface area contributed by atoms with E-state index in [1.165, 1.54) is 13.0 Å². The molecule has 1 aromatic heterocycles. The van der Waals surface area contributed by atoms with Gasteiger partial charge in [0.25, 0.3) is 0 Å². The fourth-order valence-electron chi connectivity index (χ4n) is 3.61. The van der Waals surface area contributed by atoms with Crippen LogP contribution in [-0.2, 0) is 16.1 Å². The number of fused-ring (bicyclic) bond motifs is 1. The SMILES string of the molecule is CC(=O)NC(CN1CCOCC1)Cn1c(C)c(C)c2ccc(F)cc21. The van der Waals surface area contributed by atoms with Gasteiger partial charge < -0.3 is 14.6 Å². The molecule has 2 heterocycles. The Morgan fingerprint density at radius 2 is 2.00 bits per heavy atom. The first-order valence-corrected chi connectivity index (χ1v) is 8.78. The van der Waals surface area contributed by atoms with E-state index < -0.39 is 0 Å². The van der Waals surface area contributed by atoms with Crippen molar-refractivity contribution in [1.29, 1.82) is 0 Å². The van der Waals surface area contributed by atoms with Crippen LogP contribution in [0.1, 0.15) is 18.2 Å². The molecule has 5 nitrogen and oxygen atoms in total. The third-order valence-electron chi connectivity index (χ3n) is 4.99. The summed E-state index contributed by atoms with van der Waals surface area (Å²) in [7, 11) is 0. The van der Waals surface area contributed by atoms with Crippen LogP contribution in [0.25, 0.3) is 10.9 Å². The zero-order chi connectivity index (χ0) is 18.0. The Kier molecular flexibility index (Phi) is 5.39. The maximum atomic E-state index is 13.8. The number of morpholine rings is 1. The summed E-state index contributed by atoms with van der Waals surface area (Å²) in [4.78, 5) is 14.0. The van der Waals surface area contributed by atoms with E-state index in [9.17, 15) is 9.18 Å². The smallest absolute Gasteiger partial charge is 0.217 e. The second-order valence-corrected chi connectivity index (χ2v) is 6.79. The quantitative estimate of drug-likeness (QED) is 0.902. The number of aromatic nitrogens is 1. The Balaban J connectivity index is 1.87. The lowest BCUT2D eigenvalue weighted by atomic mass is 10.1. The summed E-state index contributed by atoms with van der Waals surface area (Å²) < 4.78 is 21.3. The van der Waals surface area contributed by atoms with Crippen LogP contribution >= 0.6 is 0 Å². The minimum atomic E-state index is -0.240. The van der Waals surface area contributed by atoms with Gasteiger partial charge in [-0.25, -0.2) is 4.39 Å². The van der Waals surface area contributed by atoms with Crippen molar-refractivity contribution >= 4 is 16.8 Å². The molecule has 1 unspecified atom stereocenters. The molecule has 0 spiro atoms. The first kappa shape index (κ1) is 17.9. The highest BCUT2D eigenvalue weighted by molar-refractivity contribution is 5.85. The number of amides is 1. The number of aryl methyl sites for hydroxylation is 1. The number of hydrogen-bond acceptors (Lipinski definition) is 3. The van der Waals surface area contributed by atoms with E-state index in [1.54, 1.807) is 6.07 Å². The van der Waals surface area contributed by atoms with E-state index in [4.69, 9.17) is 4.74 Å². The maximum absolute atomic E-state index is 13.8. The molecule has 136 valence electrons. The van der Waals surface area contributed by atoms with Gasteiger partial charge in [-0.15, -0.1) is 0 Å². The zero-order valence-corrected chi connectivity index (χ0v) is 15.1. The summed E-state index contributed by atoms with van der Waals surface area (Å²) in [5, 5.41) is 4.12. The van der Waals surface area contributed by atoms with Crippen LogP contribution in [0, 0.1) is 19.7 Å². The largest absolute Gasteiger partial charge is 0.379 e. The second kappa shape index (κ2) is 7.54. The lowest BCUT2D eigenvalue weighted by Crippen LogP contribution is -2.48. The molecule has 2 aromatic rings. The van der Waals surface area contributed by atoms with Crippen LogP contribution in [0.3, 0.4) is 0 Å². The highest BCUT2D eigenvalue weighted by Gasteiger charge is 2.20. The van der Waals surface area contributed by atoms with Crippen LogP contribution in [0.4, 0.5) is 4.39 Å². The van der Waals surface area contributed by atoms with Gasteiger partial charge in [0.15, 0.2) is 0 Å². The highest BCUT2D eigenvalue weighted by atomic mass is 19.1. The van der Waals surface area contributed by atoms with E-state index in [0.29, 0.717) is 6.54 Å². The Bertz CT molecular complexity index is 766. The van der Waals surface area contributed by atoms with Crippen molar-refractivity contribution in [2.45, 2.75) is 33.4 Å². The Labute approximate surface area is 147 Å². The number of benzene rings is 1. The van der Waals surface area contributed by atoms with Gasteiger partial charge in [0, 0.05) is 44.2 Å². The fourth-order valence-corrected chi connectivity index (χ4v) is 3.61. The van der Waals surface area contributed by atoms with Gasteiger partial charge in [-0.1, -0.05) is 0 Å². The molecule has 6 heteroatoms. The topological polar surface area (TPSA) is 46.5 Å². The van der Waals surface area contributed by atoms with Crippen LogP contribution < -0.4 is 5.32 Å². The van der Waals surface area contributed by atoms with Gasteiger partial charge in [-0.05, 0) is 37.6 Å². The van der Waals surface area contributed by atoms with E-state index >= 15 is 0 Å². The molecule has 1 saturated heterocycles. The van der Waals surface area contributed by atoms with Crippen LogP contribution in [0.15, 0.2) is 18.2 Å². The average Bonchev–Trinajstić information content (AvgIpc) is 2.80. The van der Waals surface area contributed by atoms with Crippen molar-refractivity contribution in [3.8, 4) is 0 Å². The molecule has 0 bridgehead atoms. The second-order valence-electron chi connectivity index (χ2n) is 6.79. The van der Waals surface area contributed by atoms with Gasteiger partial charge in [0.2, 0.25) is 5.91 Å². The van der Waals surface area contributed by atoms with Gasteiger partial charge in [0.05, 0.1) is 24.8 Å². The number of carbonyl (C=O) groups is 1. The van der Waals surface area contributed by atoms with Gasteiger partial charge in [0.1, 0.15) is 5.82 Å².